The van der Waals surface area contributed by atoms with Gasteiger partial charge in [0.15, 0.2) is 0 Å². The summed E-state index contributed by atoms with van der Waals surface area (Å²) in [6.45, 7) is 5.21. The number of hydrogen-bond donors (Lipinski definition) is 1. The van der Waals surface area contributed by atoms with E-state index in [4.69, 9.17) is 4.42 Å². The van der Waals surface area contributed by atoms with E-state index >= 15 is 0 Å². The Kier molecular flexibility index (Phi) is 5.00. The molecule has 2 rings (SSSR count). The molecule has 0 saturated heterocycles. The SMILES string of the molecule is CCc1oc2ccccc2c1CNCCCN(C)C. The van der Waals surface area contributed by atoms with Crippen LogP contribution in [0.4, 0.5) is 0 Å². The maximum absolute atomic E-state index is 5.90. The average molecular weight is 260 g/mol. The van der Waals surface area contributed by atoms with E-state index in [2.05, 4.69) is 43.4 Å². The molecule has 104 valence electrons. The van der Waals surface area contributed by atoms with E-state index in [1.165, 1.54) is 17.4 Å². The Balaban J connectivity index is 1.99. The van der Waals surface area contributed by atoms with Gasteiger partial charge in [-0.2, -0.15) is 0 Å². The van der Waals surface area contributed by atoms with Crippen molar-refractivity contribution in [2.75, 3.05) is 27.2 Å². The molecule has 0 fully saturated rings. The van der Waals surface area contributed by atoms with Gasteiger partial charge in [-0.1, -0.05) is 25.1 Å². The first-order valence-corrected chi connectivity index (χ1v) is 7.07. The molecule has 0 aliphatic heterocycles. The number of nitrogens with zero attached hydrogens (tertiary/aromatic N) is 1. The second kappa shape index (κ2) is 6.73. The predicted molar refractivity (Wildman–Crippen MR) is 80.5 cm³/mol. The highest BCUT2D eigenvalue weighted by molar-refractivity contribution is 5.82. The summed E-state index contributed by atoms with van der Waals surface area (Å²) < 4.78 is 5.90. The van der Waals surface area contributed by atoms with Crippen LogP contribution in [0.2, 0.25) is 0 Å². The molecule has 1 aromatic carbocycles. The monoisotopic (exact) mass is 260 g/mol. The summed E-state index contributed by atoms with van der Waals surface area (Å²) in [6, 6.07) is 8.30. The van der Waals surface area contributed by atoms with Gasteiger partial charge < -0.3 is 14.6 Å². The summed E-state index contributed by atoms with van der Waals surface area (Å²) in [5, 5.41) is 4.77. The van der Waals surface area contributed by atoms with Crippen LogP contribution >= 0.6 is 0 Å². The van der Waals surface area contributed by atoms with Crippen molar-refractivity contribution in [1.29, 1.82) is 0 Å². The summed E-state index contributed by atoms with van der Waals surface area (Å²) >= 11 is 0. The zero-order valence-electron chi connectivity index (χ0n) is 12.2. The Morgan fingerprint density at radius 3 is 2.74 bits per heavy atom. The van der Waals surface area contributed by atoms with Gasteiger partial charge >= 0.3 is 0 Å². The molecule has 0 unspecified atom stereocenters. The standard InChI is InChI=1S/C16H24N2O/c1-4-15-14(12-17-10-7-11-18(2)3)13-8-5-6-9-16(13)19-15/h5-6,8-9,17H,4,7,10-12H2,1-3H3. The lowest BCUT2D eigenvalue weighted by atomic mass is 10.1. The van der Waals surface area contributed by atoms with Crippen molar-refractivity contribution in [3.05, 3.63) is 35.6 Å². The van der Waals surface area contributed by atoms with E-state index in [9.17, 15) is 0 Å². The number of hydrogen-bond acceptors (Lipinski definition) is 3. The first-order chi connectivity index (χ1) is 9.22. The number of aryl methyl sites for hydroxylation is 1. The lowest BCUT2D eigenvalue weighted by Crippen LogP contribution is -2.21. The van der Waals surface area contributed by atoms with Crippen LogP contribution < -0.4 is 5.32 Å². The smallest absolute Gasteiger partial charge is 0.134 e. The number of para-hydroxylation sites is 1. The number of furan rings is 1. The second-order valence-corrected chi connectivity index (χ2v) is 5.19. The van der Waals surface area contributed by atoms with Gasteiger partial charge in [0, 0.05) is 23.9 Å². The topological polar surface area (TPSA) is 28.4 Å². The van der Waals surface area contributed by atoms with Crippen molar-refractivity contribution in [3.63, 3.8) is 0 Å². The third kappa shape index (κ3) is 3.58. The normalized spacial score (nSPS) is 11.6. The fourth-order valence-electron chi connectivity index (χ4n) is 2.36. The Morgan fingerprint density at radius 2 is 2.00 bits per heavy atom. The van der Waals surface area contributed by atoms with Gasteiger partial charge in [-0.05, 0) is 39.7 Å². The molecule has 1 N–H and O–H groups in total. The summed E-state index contributed by atoms with van der Waals surface area (Å²) in [5.74, 6) is 1.11. The minimum absolute atomic E-state index is 0.896. The van der Waals surface area contributed by atoms with Crippen molar-refractivity contribution in [3.8, 4) is 0 Å². The summed E-state index contributed by atoms with van der Waals surface area (Å²) in [6.07, 6.45) is 2.12. The van der Waals surface area contributed by atoms with Crippen molar-refractivity contribution in [2.45, 2.75) is 26.3 Å². The highest BCUT2D eigenvalue weighted by atomic mass is 16.3. The van der Waals surface area contributed by atoms with Crippen molar-refractivity contribution in [1.82, 2.24) is 10.2 Å². The molecule has 0 radical (unpaired) electrons. The zero-order valence-corrected chi connectivity index (χ0v) is 12.2. The van der Waals surface area contributed by atoms with Gasteiger partial charge in [0.05, 0.1) is 0 Å². The quantitative estimate of drug-likeness (QED) is 0.776. The van der Waals surface area contributed by atoms with Gasteiger partial charge in [0.1, 0.15) is 11.3 Å². The molecule has 0 saturated carbocycles. The van der Waals surface area contributed by atoms with Gasteiger partial charge in [0.25, 0.3) is 0 Å². The molecule has 0 bridgehead atoms. The molecule has 1 heterocycles. The predicted octanol–water partition coefficient (Wildman–Crippen LogP) is 3.04. The fourth-order valence-corrected chi connectivity index (χ4v) is 2.36. The summed E-state index contributed by atoms with van der Waals surface area (Å²) in [7, 11) is 4.22. The molecular weight excluding hydrogens is 236 g/mol. The van der Waals surface area contributed by atoms with Crippen LogP contribution in [0, 0.1) is 0 Å². The molecule has 0 atom stereocenters. The lowest BCUT2D eigenvalue weighted by Gasteiger charge is -2.09. The highest BCUT2D eigenvalue weighted by Gasteiger charge is 2.11. The minimum atomic E-state index is 0.896. The largest absolute Gasteiger partial charge is 0.461 e. The van der Waals surface area contributed by atoms with Crippen LogP contribution in [0.3, 0.4) is 0 Å². The van der Waals surface area contributed by atoms with Gasteiger partial charge in [-0.25, -0.2) is 0 Å². The number of rotatable bonds is 7. The average Bonchev–Trinajstić information content (AvgIpc) is 2.76. The van der Waals surface area contributed by atoms with Crippen molar-refractivity contribution >= 4 is 11.0 Å². The van der Waals surface area contributed by atoms with Gasteiger partial charge in [-0.15, -0.1) is 0 Å². The van der Waals surface area contributed by atoms with E-state index < -0.39 is 0 Å². The first-order valence-electron chi connectivity index (χ1n) is 7.07. The van der Waals surface area contributed by atoms with E-state index in [0.717, 1.165) is 37.4 Å². The maximum Gasteiger partial charge on any atom is 0.134 e. The van der Waals surface area contributed by atoms with Crippen LogP contribution in [0.15, 0.2) is 28.7 Å². The number of nitrogens with one attached hydrogen (secondary N) is 1. The van der Waals surface area contributed by atoms with Crippen LogP contribution in [0.5, 0.6) is 0 Å². The fraction of sp³-hybridized carbons (Fsp3) is 0.500. The molecule has 3 heteroatoms. The van der Waals surface area contributed by atoms with Crippen LogP contribution in [0.25, 0.3) is 11.0 Å². The first kappa shape index (κ1) is 14.1. The molecule has 0 aliphatic rings. The van der Waals surface area contributed by atoms with E-state index in [1.807, 2.05) is 12.1 Å². The van der Waals surface area contributed by atoms with Crippen LogP contribution in [-0.4, -0.2) is 32.1 Å². The van der Waals surface area contributed by atoms with Gasteiger partial charge in [0.2, 0.25) is 0 Å². The molecular formula is C16H24N2O. The maximum atomic E-state index is 5.90. The second-order valence-electron chi connectivity index (χ2n) is 5.19. The Bertz CT molecular complexity index is 516. The van der Waals surface area contributed by atoms with Crippen LogP contribution in [0.1, 0.15) is 24.7 Å². The minimum Gasteiger partial charge on any atom is -0.461 e. The Labute approximate surface area is 115 Å². The van der Waals surface area contributed by atoms with Crippen molar-refractivity contribution in [2.24, 2.45) is 0 Å². The Morgan fingerprint density at radius 1 is 1.21 bits per heavy atom. The Hall–Kier alpha value is -1.32. The molecule has 19 heavy (non-hydrogen) atoms. The van der Waals surface area contributed by atoms with E-state index in [-0.39, 0.29) is 0 Å². The molecule has 2 aromatic rings. The highest BCUT2D eigenvalue weighted by Crippen LogP contribution is 2.26. The van der Waals surface area contributed by atoms with Gasteiger partial charge in [-0.3, -0.25) is 0 Å². The lowest BCUT2D eigenvalue weighted by molar-refractivity contribution is 0.394. The summed E-state index contributed by atoms with van der Waals surface area (Å²) in [4.78, 5) is 2.21. The summed E-state index contributed by atoms with van der Waals surface area (Å²) in [5.41, 5.74) is 2.33. The van der Waals surface area contributed by atoms with E-state index in [1.54, 1.807) is 0 Å². The molecule has 0 amide bonds. The number of benzene rings is 1. The zero-order chi connectivity index (χ0) is 13.7. The third-order valence-corrected chi connectivity index (χ3v) is 3.36. The third-order valence-electron chi connectivity index (χ3n) is 3.36. The molecule has 1 aromatic heterocycles. The molecule has 3 nitrogen and oxygen atoms in total. The van der Waals surface area contributed by atoms with E-state index in [0.29, 0.717) is 0 Å². The van der Waals surface area contributed by atoms with Crippen LogP contribution in [-0.2, 0) is 13.0 Å². The van der Waals surface area contributed by atoms with Crippen molar-refractivity contribution < 1.29 is 4.42 Å². The molecule has 0 aliphatic carbocycles. The number of fused-ring (bicyclic) bond motifs is 1. The molecule has 0 spiro atoms.